The fourth-order valence-electron chi connectivity index (χ4n) is 4.63. The van der Waals surface area contributed by atoms with Crippen molar-refractivity contribution >= 4 is 27.3 Å². The lowest BCUT2D eigenvalue weighted by Gasteiger charge is -2.32. The van der Waals surface area contributed by atoms with Gasteiger partial charge in [0.05, 0.1) is 5.92 Å². The summed E-state index contributed by atoms with van der Waals surface area (Å²) >= 11 is 1.24. The molecule has 4 atom stereocenters. The molecule has 4 rings (SSSR count). The first-order valence-electron chi connectivity index (χ1n) is 8.88. The minimum absolute atomic E-state index is 0.0543. The molecule has 7 heteroatoms. The molecule has 3 fully saturated rings. The van der Waals surface area contributed by atoms with Crippen LogP contribution in [0.5, 0.6) is 0 Å². The molecule has 132 valence electrons. The molecule has 1 N–H and O–H groups in total. The normalized spacial score (nSPS) is 33.7. The minimum Gasteiger partial charge on any atom is -0.353 e. The van der Waals surface area contributed by atoms with Crippen molar-refractivity contribution in [2.24, 2.45) is 17.8 Å². The Bertz CT molecular complexity index is 701. The van der Waals surface area contributed by atoms with Gasteiger partial charge in [-0.2, -0.15) is 4.31 Å². The quantitative estimate of drug-likeness (QED) is 0.888. The molecule has 1 aliphatic heterocycles. The van der Waals surface area contributed by atoms with E-state index < -0.39 is 10.0 Å². The predicted molar refractivity (Wildman–Crippen MR) is 93.2 cm³/mol. The van der Waals surface area contributed by atoms with Crippen molar-refractivity contribution in [3.05, 3.63) is 17.5 Å². The molecule has 0 radical (unpaired) electrons. The van der Waals surface area contributed by atoms with Gasteiger partial charge in [-0.3, -0.25) is 4.79 Å². The van der Waals surface area contributed by atoms with Crippen molar-refractivity contribution in [2.45, 2.75) is 48.8 Å². The van der Waals surface area contributed by atoms with Crippen molar-refractivity contribution in [1.82, 2.24) is 9.62 Å². The number of thiophene rings is 1. The summed E-state index contributed by atoms with van der Waals surface area (Å²) in [5, 5.41) is 5.00. The highest BCUT2D eigenvalue weighted by Gasteiger charge is 2.41. The van der Waals surface area contributed by atoms with E-state index in [0.29, 0.717) is 29.3 Å². The van der Waals surface area contributed by atoms with Crippen LogP contribution in [-0.4, -0.2) is 37.8 Å². The number of fused-ring (bicyclic) bond motifs is 2. The van der Waals surface area contributed by atoms with Gasteiger partial charge < -0.3 is 5.32 Å². The molecule has 0 aromatic carbocycles. The second-order valence-electron chi connectivity index (χ2n) is 7.42. The summed E-state index contributed by atoms with van der Waals surface area (Å²) in [6.07, 6.45) is 6.45. The van der Waals surface area contributed by atoms with Crippen LogP contribution >= 0.6 is 11.3 Å². The van der Waals surface area contributed by atoms with E-state index in [1.165, 1.54) is 34.9 Å². The van der Waals surface area contributed by atoms with Gasteiger partial charge in [0.25, 0.3) is 10.0 Å². The van der Waals surface area contributed by atoms with Crippen molar-refractivity contribution in [3.8, 4) is 0 Å². The first-order valence-corrected chi connectivity index (χ1v) is 11.2. The van der Waals surface area contributed by atoms with Crippen molar-refractivity contribution in [3.63, 3.8) is 0 Å². The maximum Gasteiger partial charge on any atom is 0.252 e. The van der Waals surface area contributed by atoms with Gasteiger partial charge in [0.1, 0.15) is 4.21 Å². The average molecular weight is 369 g/mol. The number of hydrogen-bond acceptors (Lipinski definition) is 4. The zero-order valence-corrected chi connectivity index (χ0v) is 15.3. The molecule has 0 spiro atoms. The Hall–Kier alpha value is -0.920. The molecule has 2 aliphatic carbocycles. The Morgan fingerprint density at radius 3 is 2.79 bits per heavy atom. The van der Waals surface area contributed by atoms with E-state index in [-0.39, 0.29) is 11.8 Å². The zero-order valence-electron chi connectivity index (χ0n) is 13.7. The number of amides is 1. The smallest absolute Gasteiger partial charge is 0.252 e. The monoisotopic (exact) mass is 368 g/mol. The summed E-state index contributed by atoms with van der Waals surface area (Å²) in [5.41, 5.74) is 0. The molecule has 24 heavy (non-hydrogen) atoms. The van der Waals surface area contributed by atoms with E-state index in [1.54, 1.807) is 17.5 Å². The van der Waals surface area contributed by atoms with Crippen LogP contribution < -0.4 is 5.32 Å². The van der Waals surface area contributed by atoms with E-state index in [0.717, 1.165) is 25.2 Å². The van der Waals surface area contributed by atoms with Gasteiger partial charge in [0, 0.05) is 19.1 Å². The van der Waals surface area contributed by atoms with Crippen LogP contribution in [-0.2, 0) is 14.8 Å². The number of hydrogen-bond donors (Lipinski definition) is 1. The third kappa shape index (κ3) is 3.02. The Labute approximate surface area is 147 Å². The molecule has 1 aromatic rings. The standard InChI is InChI=1S/C17H24N2O3S2/c20-17(18-15-10-12-5-6-13(15)9-12)14-3-1-7-19(11-14)24(21,22)16-4-2-8-23-16/h2,4,8,12-15H,1,3,5-7,9-11H2,(H,18,20)/t12-,13-,14-,15+/m1/s1. The highest BCUT2D eigenvalue weighted by atomic mass is 32.2. The summed E-state index contributed by atoms with van der Waals surface area (Å²) in [6.45, 7) is 0.824. The van der Waals surface area contributed by atoms with Crippen LogP contribution in [0.2, 0.25) is 0 Å². The number of nitrogens with one attached hydrogen (secondary N) is 1. The van der Waals surface area contributed by atoms with E-state index in [9.17, 15) is 13.2 Å². The van der Waals surface area contributed by atoms with Crippen LogP contribution in [0.3, 0.4) is 0 Å². The summed E-state index contributed by atoms with van der Waals surface area (Å²) in [6, 6.07) is 3.71. The molecular weight excluding hydrogens is 344 g/mol. The highest BCUT2D eigenvalue weighted by Crippen LogP contribution is 2.44. The van der Waals surface area contributed by atoms with Gasteiger partial charge >= 0.3 is 0 Å². The topological polar surface area (TPSA) is 66.5 Å². The fraction of sp³-hybridized carbons (Fsp3) is 0.706. The van der Waals surface area contributed by atoms with Crippen LogP contribution in [0.4, 0.5) is 0 Å². The minimum atomic E-state index is -3.45. The molecule has 3 aliphatic rings. The van der Waals surface area contributed by atoms with Gasteiger partial charge in [0.15, 0.2) is 0 Å². The summed E-state index contributed by atoms with van der Waals surface area (Å²) in [4.78, 5) is 12.7. The number of piperidine rings is 1. The lowest BCUT2D eigenvalue weighted by atomic mass is 9.93. The first kappa shape index (κ1) is 16.5. The van der Waals surface area contributed by atoms with Crippen LogP contribution in [0.1, 0.15) is 38.5 Å². The van der Waals surface area contributed by atoms with E-state index in [4.69, 9.17) is 0 Å². The molecular formula is C17H24N2O3S2. The summed E-state index contributed by atoms with van der Waals surface area (Å²) < 4.78 is 27.2. The predicted octanol–water partition coefficient (Wildman–Crippen LogP) is 2.45. The zero-order chi connectivity index (χ0) is 16.7. The first-order chi connectivity index (χ1) is 11.5. The third-order valence-corrected chi connectivity index (χ3v) is 9.15. The Morgan fingerprint density at radius 1 is 1.25 bits per heavy atom. The van der Waals surface area contributed by atoms with Crippen LogP contribution in [0, 0.1) is 17.8 Å². The van der Waals surface area contributed by atoms with E-state index in [1.807, 2.05) is 0 Å². The second kappa shape index (κ2) is 6.42. The Balaban J connectivity index is 1.40. The number of nitrogens with zero attached hydrogens (tertiary/aromatic N) is 1. The molecule has 0 unspecified atom stereocenters. The maximum atomic E-state index is 12.7. The number of sulfonamides is 1. The largest absolute Gasteiger partial charge is 0.353 e. The van der Waals surface area contributed by atoms with Crippen molar-refractivity contribution in [2.75, 3.05) is 13.1 Å². The van der Waals surface area contributed by atoms with Crippen molar-refractivity contribution < 1.29 is 13.2 Å². The fourth-order valence-corrected chi connectivity index (χ4v) is 7.30. The van der Waals surface area contributed by atoms with Crippen molar-refractivity contribution in [1.29, 1.82) is 0 Å². The average Bonchev–Trinajstić information content (AvgIpc) is 3.32. The van der Waals surface area contributed by atoms with Gasteiger partial charge in [-0.1, -0.05) is 12.5 Å². The highest BCUT2D eigenvalue weighted by molar-refractivity contribution is 7.91. The lowest BCUT2D eigenvalue weighted by molar-refractivity contribution is -0.127. The Morgan fingerprint density at radius 2 is 2.12 bits per heavy atom. The molecule has 1 saturated heterocycles. The van der Waals surface area contributed by atoms with E-state index >= 15 is 0 Å². The SMILES string of the molecule is O=C(N[C@H]1C[C@@H]2CC[C@@H]1C2)[C@@H]1CCCN(S(=O)(=O)c2cccs2)C1. The number of carbonyl (C=O) groups is 1. The van der Waals surface area contributed by atoms with Crippen LogP contribution in [0.15, 0.2) is 21.7 Å². The molecule has 2 heterocycles. The maximum absolute atomic E-state index is 12.7. The Kier molecular flexibility index (Phi) is 4.43. The van der Waals surface area contributed by atoms with E-state index in [2.05, 4.69) is 5.32 Å². The molecule has 1 amide bonds. The van der Waals surface area contributed by atoms with Gasteiger partial charge in [0.2, 0.25) is 5.91 Å². The van der Waals surface area contributed by atoms with Gasteiger partial charge in [-0.25, -0.2) is 8.42 Å². The summed E-state index contributed by atoms with van der Waals surface area (Å²) in [7, 11) is -3.45. The van der Waals surface area contributed by atoms with Crippen LogP contribution in [0.25, 0.3) is 0 Å². The lowest BCUT2D eigenvalue weighted by Crippen LogP contribution is -2.48. The third-order valence-electron chi connectivity index (χ3n) is 5.91. The van der Waals surface area contributed by atoms with Gasteiger partial charge in [-0.15, -0.1) is 11.3 Å². The number of rotatable bonds is 4. The second-order valence-corrected chi connectivity index (χ2v) is 10.5. The molecule has 1 aromatic heterocycles. The molecule has 2 bridgehead atoms. The van der Waals surface area contributed by atoms with Gasteiger partial charge in [-0.05, 0) is 55.4 Å². The molecule has 5 nitrogen and oxygen atoms in total. The number of carbonyl (C=O) groups excluding carboxylic acids is 1. The molecule has 2 saturated carbocycles. The summed E-state index contributed by atoms with van der Waals surface area (Å²) in [5.74, 6) is 1.28.